The number of unbranched alkanes of at least 4 members (excludes halogenated alkanes) is 3. The summed E-state index contributed by atoms with van der Waals surface area (Å²) in [6.45, 7) is 6.97. The Hall–Kier alpha value is -1.09. The summed E-state index contributed by atoms with van der Waals surface area (Å²) in [7, 11) is 0. The van der Waals surface area contributed by atoms with E-state index in [-0.39, 0.29) is 5.78 Å². The first-order valence-corrected chi connectivity index (χ1v) is 19.4. The molecule has 0 saturated heterocycles. The van der Waals surface area contributed by atoms with Crippen molar-refractivity contribution in [2.75, 3.05) is 0 Å². The number of hydrogen-bond donors (Lipinski definition) is 0. The van der Waals surface area contributed by atoms with Gasteiger partial charge < -0.3 is 0 Å². The van der Waals surface area contributed by atoms with E-state index in [0.717, 1.165) is 11.1 Å². The number of hydrogen-bond acceptors (Lipinski definition) is 1. The minimum atomic E-state index is -2.33. The van der Waals surface area contributed by atoms with E-state index in [4.69, 9.17) is 0 Å². The van der Waals surface area contributed by atoms with Gasteiger partial charge in [0.05, 0.1) is 0 Å². The zero-order valence-corrected chi connectivity index (χ0v) is 21.0. The molecule has 152 valence electrons. The number of ketones is 1. The number of carbonyl (C=O) groups is 1. The summed E-state index contributed by atoms with van der Waals surface area (Å²) in [4.78, 5) is 13.2. The average molecular weight is 485 g/mol. The van der Waals surface area contributed by atoms with Crippen molar-refractivity contribution < 1.29 is 4.79 Å². The van der Waals surface area contributed by atoms with Crippen LogP contribution in [0.25, 0.3) is 0 Å². The van der Waals surface area contributed by atoms with E-state index >= 15 is 0 Å². The molecule has 28 heavy (non-hydrogen) atoms. The molecule has 0 unspecified atom stereocenters. The first-order chi connectivity index (χ1) is 13.7. The van der Waals surface area contributed by atoms with Gasteiger partial charge in [0, 0.05) is 0 Å². The van der Waals surface area contributed by atoms with Gasteiger partial charge in [0.25, 0.3) is 0 Å². The van der Waals surface area contributed by atoms with Crippen molar-refractivity contribution in [3.8, 4) is 0 Å². The fourth-order valence-electron chi connectivity index (χ4n) is 4.34. The molecule has 2 aromatic carbocycles. The molecule has 0 atom stereocenters. The predicted octanol–water partition coefficient (Wildman–Crippen LogP) is 7.85. The summed E-state index contributed by atoms with van der Waals surface area (Å²) in [5.74, 6) is 0.192. The van der Waals surface area contributed by atoms with Crippen molar-refractivity contribution >= 4 is 24.2 Å². The van der Waals surface area contributed by atoms with E-state index in [1.165, 1.54) is 61.8 Å². The van der Waals surface area contributed by atoms with Crippen molar-refractivity contribution in [2.45, 2.75) is 77.0 Å². The van der Waals surface area contributed by atoms with E-state index in [9.17, 15) is 4.79 Å². The van der Waals surface area contributed by atoms with Gasteiger partial charge in [-0.3, -0.25) is 0 Å². The van der Waals surface area contributed by atoms with Crippen LogP contribution < -0.4 is 0 Å². The molecule has 0 heterocycles. The molecule has 0 aromatic heterocycles. The molecule has 1 nitrogen and oxygen atoms in total. The number of rotatable bonds is 13. The molecular formula is C26H38OSn. The average Bonchev–Trinajstić information content (AvgIpc) is 2.75. The molecule has 0 bridgehead atoms. The maximum atomic E-state index is 13.2. The van der Waals surface area contributed by atoms with Crippen LogP contribution in [-0.2, 0) is 4.44 Å². The molecule has 0 fully saturated rings. The fraction of sp³-hybridized carbons (Fsp3) is 0.500. The van der Waals surface area contributed by atoms with Gasteiger partial charge in [0.15, 0.2) is 0 Å². The van der Waals surface area contributed by atoms with Gasteiger partial charge >= 0.3 is 177 Å². The van der Waals surface area contributed by atoms with E-state index in [2.05, 4.69) is 39.0 Å². The Kier molecular flexibility index (Phi) is 10.3. The molecule has 0 aliphatic heterocycles. The maximum absolute atomic E-state index is 13.2. The van der Waals surface area contributed by atoms with Crippen LogP contribution >= 0.6 is 0 Å². The van der Waals surface area contributed by atoms with Crippen LogP contribution in [0, 0.1) is 0 Å². The Morgan fingerprint density at radius 2 is 1.21 bits per heavy atom. The quantitative estimate of drug-likeness (QED) is 0.209. The molecule has 0 spiro atoms. The minimum absolute atomic E-state index is 0.192. The van der Waals surface area contributed by atoms with Crippen LogP contribution in [0.1, 0.15) is 80.8 Å². The summed E-state index contributed by atoms with van der Waals surface area (Å²) < 4.78 is 5.69. The van der Waals surface area contributed by atoms with Crippen LogP contribution in [0.5, 0.6) is 0 Å². The monoisotopic (exact) mass is 486 g/mol. The standard InChI is InChI=1S/C14H11O.3C4H9.Sn/c1-11-7-5-6-10-13(11)14(15)12-8-3-2-4-9-12;3*1-3-4-2;/h2-10H,1H2;3*1,3-4H2,2H3;. The molecule has 2 aromatic rings. The SMILES string of the molecule is CCC[CH2][Sn]([CH2]CCC)([CH2]CCC)[CH2]c1ccccc1C(=O)c1ccccc1. The normalized spacial score (nSPS) is 11.5. The van der Waals surface area contributed by atoms with E-state index < -0.39 is 18.4 Å². The van der Waals surface area contributed by atoms with Crippen molar-refractivity contribution in [1.82, 2.24) is 0 Å². The summed E-state index contributed by atoms with van der Waals surface area (Å²) >= 11 is -2.33. The molecule has 0 amide bonds. The van der Waals surface area contributed by atoms with Crippen molar-refractivity contribution in [1.29, 1.82) is 0 Å². The van der Waals surface area contributed by atoms with Gasteiger partial charge in [-0.1, -0.05) is 0 Å². The van der Waals surface area contributed by atoms with E-state index in [1.54, 1.807) is 0 Å². The Balaban J connectivity index is 2.35. The Morgan fingerprint density at radius 1 is 0.714 bits per heavy atom. The molecule has 2 heteroatoms. The second kappa shape index (κ2) is 12.5. The van der Waals surface area contributed by atoms with Crippen LogP contribution in [0.2, 0.25) is 13.3 Å². The van der Waals surface area contributed by atoms with Gasteiger partial charge in [-0.2, -0.15) is 0 Å². The Labute approximate surface area is 176 Å². The van der Waals surface area contributed by atoms with Crippen molar-refractivity contribution in [3.63, 3.8) is 0 Å². The summed E-state index contributed by atoms with van der Waals surface area (Å²) in [6, 6.07) is 18.2. The summed E-state index contributed by atoms with van der Waals surface area (Å²) in [5, 5.41) is 0. The summed E-state index contributed by atoms with van der Waals surface area (Å²) in [6.07, 6.45) is 8.00. The third-order valence-corrected chi connectivity index (χ3v) is 21.4. The van der Waals surface area contributed by atoms with Gasteiger partial charge in [-0.25, -0.2) is 0 Å². The second-order valence-electron chi connectivity index (χ2n) is 8.34. The predicted molar refractivity (Wildman–Crippen MR) is 125 cm³/mol. The molecule has 2 rings (SSSR count). The third-order valence-electron chi connectivity index (χ3n) is 6.05. The first-order valence-electron chi connectivity index (χ1n) is 11.3. The Morgan fingerprint density at radius 3 is 1.75 bits per heavy atom. The number of carbonyl (C=O) groups excluding carboxylic acids is 1. The van der Waals surface area contributed by atoms with Crippen LogP contribution in [0.4, 0.5) is 0 Å². The van der Waals surface area contributed by atoms with E-state index in [0.29, 0.717) is 0 Å². The number of benzene rings is 2. The zero-order valence-electron chi connectivity index (χ0n) is 18.2. The fourth-order valence-corrected chi connectivity index (χ4v) is 20.6. The van der Waals surface area contributed by atoms with Crippen LogP contribution in [0.15, 0.2) is 54.6 Å². The van der Waals surface area contributed by atoms with Gasteiger partial charge in [-0.05, 0) is 0 Å². The first kappa shape index (κ1) is 23.2. The van der Waals surface area contributed by atoms with Crippen LogP contribution in [-0.4, -0.2) is 24.2 Å². The van der Waals surface area contributed by atoms with Crippen LogP contribution in [0.3, 0.4) is 0 Å². The third kappa shape index (κ3) is 6.76. The molecule has 0 saturated carbocycles. The summed E-state index contributed by atoms with van der Waals surface area (Å²) in [5.41, 5.74) is 3.08. The van der Waals surface area contributed by atoms with Gasteiger partial charge in [0.2, 0.25) is 0 Å². The second-order valence-corrected chi connectivity index (χ2v) is 22.2. The van der Waals surface area contributed by atoms with Crippen molar-refractivity contribution in [2.24, 2.45) is 0 Å². The molecular weight excluding hydrogens is 447 g/mol. The van der Waals surface area contributed by atoms with Crippen molar-refractivity contribution in [3.05, 3.63) is 71.3 Å². The molecule has 0 N–H and O–H groups in total. The topological polar surface area (TPSA) is 17.1 Å². The van der Waals surface area contributed by atoms with Gasteiger partial charge in [-0.15, -0.1) is 0 Å². The molecule has 0 aliphatic rings. The Bertz CT molecular complexity index is 686. The molecule has 0 aliphatic carbocycles. The van der Waals surface area contributed by atoms with E-state index in [1.807, 2.05) is 36.4 Å². The zero-order chi connectivity index (χ0) is 20.2. The molecule has 0 radical (unpaired) electrons. The van der Waals surface area contributed by atoms with Gasteiger partial charge in [0.1, 0.15) is 0 Å².